The molecule has 0 fully saturated rings. The van der Waals surface area contributed by atoms with Gasteiger partial charge in [0.05, 0.1) is 19.2 Å². The third-order valence-corrected chi connectivity index (χ3v) is 5.57. The second-order valence-corrected chi connectivity index (χ2v) is 7.50. The Balaban J connectivity index is 2.08. The van der Waals surface area contributed by atoms with Crippen molar-refractivity contribution >= 4 is 27.5 Å². The number of carbonyl (C=O) groups is 1. The number of benzene rings is 1. The van der Waals surface area contributed by atoms with Crippen molar-refractivity contribution in [3.63, 3.8) is 0 Å². The molecule has 1 amide bonds. The van der Waals surface area contributed by atoms with Gasteiger partial charge in [0.25, 0.3) is 5.56 Å². The lowest BCUT2D eigenvalue weighted by Gasteiger charge is -2.15. The van der Waals surface area contributed by atoms with E-state index in [1.807, 2.05) is 32.0 Å². The van der Waals surface area contributed by atoms with Crippen LogP contribution in [0.15, 0.2) is 45.3 Å². The van der Waals surface area contributed by atoms with Crippen molar-refractivity contribution in [1.29, 1.82) is 0 Å². The first kappa shape index (κ1) is 19.9. The monoisotopic (exact) mass is 401 g/mol. The van der Waals surface area contributed by atoms with Crippen molar-refractivity contribution in [2.45, 2.75) is 39.4 Å². The number of nitrogens with zero attached hydrogens (tertiary/aromatic N) is 2. The zero-order valence-electron chi connectivity index (χ0n) is 16.1. The molecule has 1 aromatic carbocycles. The maximum absolute atomic E-state index is 13.1. The van der Waals surface area contributed by atoms with Gasteiger partial charge in [-0.2, -0.15) is 0 Å². The van der Waals surface area contributed by atoms with Gasteiger partial charge < -0.3 is 10.1 Å². The van der Waals surface area contributed by atoms with Crippen LogP contribution in [-0.4, -0.2) is 28.2 Å². The van der Waals surface area contributed by atoms with E-state index in [0.717, 1.165) is 16.6 Å². The van der Waals surface area contributed by atoms with Gasteiger partial charge in [-0.1, -0.05) is 25.1 Å². The van der Waals surface area contributed by atoms with Crippen molar-refractivity contribution in [2.24, 2.45) is 0 Å². The number of rotatable bonds is 7. The average molecular weight is 401 g/mol. The predicted molar refractivity (Wildman–Crippen MR) is 110 cm³/mol. The Kier molecular flexibility index (Phi) is 5.99. The van der Waals surface area contributed by atoms with Crippen LogP contribution in [0.25, 0.3) is 10.2 Å². The lowest BCUT2D eigenvalue weighted by molar-refractivity contribution is -0.122. The Morgan fingerprint density at radius 2 is 1.96 bits per heavy atom. The van der Waals surface area contributed by atoms with Crippen molar-refractivity contribution < 1.29 is 9.53 Å². The van der Waals surface area contributed by atoms with Crippen LogP contribution < -0.4 is 21.3 Å². The molecule has 0 radical (unpaired) electrons. The van der Waals surface area contributed by atoms with Gasteiger partial charge >= 0.3 is 5.69 Å². The Hall–Kier alpha value is -2.87. The fourth-order valence-electron chi connectivity index (χ4n) is 3.00. The Bertz CT molecular complexity index is 1110. The lowest BCUT2D eigenvalue weighted by Crippen LogP contribution is -2.43. The SMILES string of the molecule is CCC(C)NC(=O)Cn1c(=O)n(Cc2ccccc2OC)c(=O)c2sccc21. The van der Waals surface area contributed by atoms with E-state index in [1.165, 1.54) is 15.9 Å². The average Bonchev–Trinajstić information content (AvgIpc) is 3.18. The number of aromatic nitrogens is 2. The van der Waals surface area contributed by atoms with E-state index in [9.17, 15) is 14.4 Å². The van der Waals surface area contributed by atoms with Crippen molar-refractivity contribution in [2.75, 3.05) is 7.11 Å². The summed E-state index contributed by atoms with van der Waals surface area (Å²) >= 11 is 1.26. The number of fused-ring (bicyclic) bond motifs is 1. The molecular formula is C20H23N3O4S. The predicted octanol–water partition coefficient (Wildman–Crippen LogP) is 2.20. The Morgan fingerprint density at radius 3 is 2.68 bits per heavy atom. The largest absolute Gasteiger partial charge is 0.496 e. The number of hydrogen-bond acceptors (Lipinski definition) is 5. The summed E-state index contributed by atoms with van der Waals surface area (Å²) in [5.41, 5.74) is 0.326. The molecule has 28 heavy (non-hydrogen) atoms. The quantitative estimate of drug-likeness (QED) is 0.658. The van der Waals surface area contributed by atoms with E-state index in [4.69, 9.17) is 4.74 Å². The molecule has 0 saturated carbocycles. The molecule has 1 N–H and O–H groups in total. The van der Waals surface area contributed by atoms with Crippen LogP contribution in [0, 0.1) is 0 Å². The normalized spacial score (nSPS) is 12.1. The molecule has 0 spiro atoms. The first-order chi connectivity index (χ1) is 13.5. The van der Waals surface area contributed by atoms with Crippen LogP contribution in [0.3, 0.4) is 0 Å². The molecular weight excluding hydrogens is 378 g/mol. The highest BCUT2D eigenvalue weighted by molar-refractivity contribution is 7.17. The minimum atomic E-state index is -0.513. The van der Waals surface area contributed by atoms with E-state index < -0.39 is 5.69 Å². The topological polar surface area (TPSA) is 82.3 Å². The van der Waals surface area contributed by atoms with E-state index in [0.29, 0.717) is 16.0 Å². The third kappa shape index (κ3) is 3.87. The third-order valence-electron chi connectivity index (χ3n) is 4.68. The molecule has 0 aliphatic heterocycles. The molecule has 2 aromatic heterocycles. The van der Waals surface area contributed by atoms with E-state index in [-0.39, 0.29) is 30.6 Å². The zero-order valence-corrected chi connectivity index (χ0v) is 16.9. The summed E-state index contributed by atoms with van der Waals surface area (Å²) in [5.74, 6) is 0.340. The van der Waals surface area contributed by atoms with Crippen LogP contribution in [0.2, 0.25) is 0 Å². The fraction of sp³-hybridized carbons (Fsp3) is 0.350. The first-order valence-electron chi connectivity index (χ1n) is 9.08. The number of para-hydroxylation sites is 1. The molecule has 148 valence electrons. The summed E-state index contributed by atoms with van der Waals surface area (Å²) in [6.07, 6.45) is 0.793. The summed E-state index contributed by atoms with van der Waals surface area (Å²) in [7, 11) is 1.54. The second kappa shape index (κ2) is 8.43. The van der Waals surface area contributed by atoms with Crippen LogP contribution in [-0.2, 0) is 17.9 Å². The molecule has 0 aliphatic carbocycles. The van der Waals surface area contributed by atoms with Crippen molar-refractivity contribution in [3.8, 4) is 5.75 Å². The highest BCUT2D eigenvalue weighted by Crippen LogP contribution is 2.19. The molecule has 0 saturated heterocycles. The highest BCUT2D eigenvalue weighted by Gasteiger charge is 2.18. The number of carbonyl (C=O) groups excluding carboxylic acids is 1. The Labute approximate surface area is 166 Å². The smallest absolute Gasteiger partial charge is 0.332 e. The van der Waals surface area contributed by atoms with Gasteiger partial charge in [-0.3, -0.25) is 18.7 Å². The standard InChI is InChI=1S/C20H23N3O4S/c1-4-13(2)21-17(24)12-22-15-9-10-28-18(15)19(25)23(20(22)26)11-14-7-5-6-8-16(14)27-3/h5-10,13H,4,11-12H2,1-3H3,(H,21,24). The van der Waals surface area contributed by atoms with Gasteiger partial charge in [0, 0.05) is 11.6 Å². The summed E-state index contributed by atoms with van der Waals surface area (Å²) in [6.45, 7) is 3.82. The molecule has 7 nitrogen and oxygen atoms in total. The minimum Gasteiger partial charge on any atom is -0.496 e. The van der Waals surface area contributed by atoms with Crippen LogP contribution in [0.4, 0.5) is 0 Å². The molecule has 2 heterocycles. The number of nitrogens with one attached hydrogen (secondary N) is 1. The zero-order chi connectivity index (χ0) is 20.3. The fourth-order valence-corrected chi connectivity index (χ4v) is 3.84. The van der Waals surface area contributed by atoms with Crippen LogP contribution in [0.5, 0.6) is 5.75 Å². The molecule has 3 rings (SSSR count). The molecule has 0 bridgehead atoms. The Morgan fingerprint density at radius 1 is 1.21 bits per heavy atom. The first-order valence-corrected chi connectivity index (χ1v) is 9.96. The number of thiophene rings is 1. The van der Waals surface area contributed by atoms with Crippen molar-refractivity contribution in [1.82, 2.24) is 14.5 Å². The van der Waals surface area contributed by atoms with E-state index >= 15 is 0 Å². The number of ether oxygens (including phenoxy) is 1. The summed E-state index contributed by atoms with van der Waals surface area (Å²) in [6, 6.07) is 8.95. The highest BCUT2D eigenvalue weighted by atomic mass is 32.1. The van der Waals surface area contributed by atoms with Crippen molar-refractivity contribution in [3.05, 3.63) is 62.1 Å². The number of methoxy groups -OCH3 is 1. The molecule has 1 atom stereocenters. The minimum absolute atomic E-state index is 0.0145. The molecule has 3 aromatic rings. The number of hydrogen-bond donors (Lipinski definition) is 1. The molecule has 1 unspecified atom stereocenters. The van der Waals surface area contributed by atoms with Gasteiger partial charge in [-0.15, -0.1) is 11.3 Å². The lowest BCUT2D eigenvalue weighted by atomic mass is 10.2. The maximum Gasteiger partial charge on any atom is 0.332 e. The van der Waals surface area contributed by atoms with Crippen LogP contribution >= 0.6 is 11.3 Å². The second-order valence-electron chi connectivity index (χ2n) is 6.58. The van der Waals surface area contributed by atoms with Gasteiger partial charge in [-0.05, 0) is 30.9 Å². The summed E-state index contributed by atoms with van der Waals surface area (Å²) < 4.78 is 8.31. The van der Waals surface area contributed by atoms with Gasteiger partial charge in [0.2, 0.25) is 5.91 Å². The summed E-state index contributed by atoms with van der Waals surface area (Å²) in [5, 5.41) is 4.61. The molecule has 0 aliphatic rings. The van der Waals surface area contributed by atoms with E-state index in [1.54, 1.807) is 24.6 Å². The molecule has 8 heteroatoms. The van der Waals surface area contributed by atoms with E-state index in [2.05, 4.69) is 5.32 Å². The summed E-state index contributed by atoms with van der Waals surface area (Å²) in [4.78, 5) is 38.4. The van der Waals surface area contributed by atoms with Crippen LogP contribution in [0.1, 0.15) is 25.8 Å². The van der Waals surface area contributed by atoms with Gasteiger partial charge in [-0.25, -0.2) is 4.79 Å². The number of amides is 1. The maximum atomic E-state index is 13.1. The van der Waals surface area contributed by atoms with Gasteiger partial charge in [0.15, 0.2) is 0 Å². The van der Waals surface area contributed by atoms with Gasteiger partial charge in [0.1, 0.15) is 17.0 Å².